The number of rotatable bonds is 15. The molecule has 3 nitrogen and oxygen atoms in total. The summed E-state index contributed by atoms with van der Waals surface area (Å²) in [6, 6.07) is 0. The second kappa shape index (κ2) is 18.2. The highest BCUT2D eigenvalue weighted by molar-refractivity contribution is 7.80. The maximum absolute atomic E-state index is 5.73. The summed E-state index contributed by atoms with van der Waals surface area (Å²) in [6.07, 6.45) is 18.1. The number of nitrogens with zero attached hydrogens (tertiary/aromatic N) is 1. The minimum atomic E-state index is 0.599. The zero-order valence-corrected chi connectivity index (χ0v) is 22.2. The van der Waals surface area contributed by atoms with E-state index in [0.717, 1.165) is 82.8 Å². The lowest BCUT2D eigenvalue weighted by Crippen LogP contribution is -2.36. The second-order valence-electron chi connectivity index (χ2n) is 9.29. The molecule has 0 saturated carbocycles. The van der Waals surface area contributed by atoms with Crippen LogP contribution < -0.4 is 0 Å². The molecule has 1 aliphatic rings. The highest BCUT2D eigenvalue weighted by atomic mass is 32.1. The van der Waals surface area contributed by atoms with Crippen LogP contribution in [-0.4, -0.2) is 49.4 Å². The first-order valence-corrected chi connectivity index (χ1v) is 12.8. The van der Waals surface area contributed by atoms with Crippen molar-refractivity contribution >= 4 is 17.3 Å². The Morgan fingerprint density at radius 2 is 1.31 bits per heavy atom. The first kappa shape index (κ1) is 28.8. The van der Waals surface area contributed by atoms with Gasteiger partial charge in [-0.2, -0.15) is 0 Å². The van der Waals surface area contributed by atoms with Crippen LogP contribution in [0.5, 0.6) is 0 Å². The van der Waals surface area contributed by atoms with Gasteiger partial charge in [-0.15, -0.1) is 0 Å². The second-order valence-corrected chi connectivity index (χ2v) is 9.74. The van der Waals surface area contributed by atoms with Gasteiger partial charge in [0.15, 0.2) is 5.05 Å². The zero-order chi connectivity index (χ0) is 23.6. The summed E-state index contributed by atoms with van der Waals surface area (Å²) in [5.41, 5.74) is 5.78. The van der Waals surface area contributed by atoms with Crippen molar-refractivity contribution in [3.8, 4) is 0 Å². The van der Waals surface area contributed by atoms with E-state index in [2.05, 4.69) is 63.8 Å². The predicted molar refractivity (Wildman–Crippen MR) is 143 cm³/mol. The van der Waals surface area contributed by atoms with E-state index in [9.17, 15) is 0 Å². The zero-order valence-electron chi connectivity index (χ0n) is 21.4. The Kier molecular flexibility index (Phi) is 16.4. The van der Waals surface area contributed by atoms with Crippen LogP contribution in [-0.2, 0) is 9.47 Å². The van der Waals surface area contributed by atoms with Gasteiger partial charge < -0.3 is 9.47 Å². The molecule has 1 rings (SSSR count). The quantitative estimate of drug-likeness (QED) is 0.185. The van der Waals surface area contributed by atoms with Gasteiger partial charge in [0.05, 0.1) is 13.2 Å². The summed E-state index contributed by atoms with van der Waals surface area (Å²) in [5, 5.41) is 0.738. The molecule has 0 N–H and O–H groups in total. The fourth-order valence-electron chi connectivity index (χ4n) is 3.61. The summed E-state index contributed by atoms with van der Waals surface area (Å²) in [6.45, 7) is 16.5. The average Bonchev–Trinajstić information content (AvgIpc) is 2.74. The smallest absolute Gasteiger partial charge is 0.160 e. The van der Waals surface area contributed by atoms with Crippen molar-refractivity contribution in [3.63, 3.8) is 0 Å². The molecule has 0 spiro atoms. The van der Waals surface area contributed by atoms with Gasteiger partial charge in [0.25, 0.3) is 0 Å². The number of morpholine rings is 1. The fourth-order valence-corrected chi connectivity index (χ4v) is 3.82. The van der Waals surface area contributed by atoms with E-state index in [0.29, 0.717) is 6.61 Å². The molecule has 0 bridgehead atoms. The Hall–Kier alpha value is -1.23. The Labute approximate surface area is 203 Å². The maximum Gasteiger partial charge on any atom is 0.160 e. The van der Waals surface area contributed by atoms with Crippen molar-refractivity contribution in [2.45, 2.75) is 86.0 Å². The van der Waals surface area contributed by atoms with Crippen LogP contribution in [0.4, 0.5) is 0 Å². The molecule has 0 radical (unpaired) electrons. The molecule has 0 amide bonds. The van der Waals surface area contributed by atoms with Crippen LogP contribution >= 0.6 is 12.2 Å². The molecule has 0 aromatic heterocycles. The third-order valence-electron chi connectivity index (χ3n) is 5.79. The molecule has 1 fully saturated rings. The lowest BCUT2D eigenvalue weighted by atomic mass is 10.0. The van der Waals surface area contributed by atoms with Crippen LogP contribution in [0.3, 0.4) is 0 Å². The van der Waals surface area contributed by atoms with Crippen molar-refractivity contribution in [1.29, 1.82) is 0 Å². The summed E-state index contributed by atoms with van der Waals surface area (Å²) >= 11 is 5.38. The third kappa shape index (κ3) is 16.4. The van der Waals surface area contributed by atoms with Gasteiger partial charge in [0.2, 0.25) is 0 Å². The molecule has 182 valence electrons. The van der Waals surface area contributed by atoms with Gasteiger partial charge in [-0.3, -0.25) is 4.90 Å². The number of allylic oxidation sites excluding steroid dienone is 7. The molecule has 0 atom stereocenters. The van der Waals surface area contributed by atoms with Gasteiger partial charge >= 0.3 is 0 Å². The number of hydrogen-bond donors (Lipinski definition) is 0. The molecule has 0 aliphatic carbocycles. The first-order valence-electron chi connectivity index (χ1n) is 12.4. The molecule has 0 aromatic carbocycles. The molecule has 32 heavy (non-hydrogen) atoms. The first-order chi connectivity index (χ1) is 15.4. The minimum Gasteiger partial charge on any atom is -0.483 e. The highest BCUT2D eigenvalue weighted by Crippen LogP contribution is 2.13. The Morgan fingerprint density at radius 1 is 0.781 bits per heavy atom. The lowest BCUT2D eigenvalue weighted by Gasteiger charge is -2.26. The number of ether oxygens (including phenoxy) is 2. The van der Waals surface area contributed by atoms with Crippen LogP contribution in [0.15, 0.2) is 46.6 Å². The Morgan fingerprint density at radius 3 is 1.88 bits per heavy atom. The standard InChI is InChI=1S/C28H47NO2S/c1-24(2)10-6-11-25(3)12-7-13-26(4)14-8-15-27(5)17-21-31-28(32)16-9-18-29-19-22-30-23-20-29/h10,12,14,17H,6-9,11,13,15-16,18-23H2,1-5H3/b25-12+,26-14+,27-17+. The normalized spacial score (nSPS) is 16.2. The van der Waals surface area contributed by atoms with E-state index >= 15 is 0 Å². The largest absolute Gasteiger partial charge is 0.483 e. The van der Waals surface area contributed by atoms with E-state index in [1.165, 1.54) is 28.7 Å². The summed E-state index contributed by atoms with van der Waals surface area (Å²) in [5.74, 6) is 0. The summed E-state index contributed by atoms with van der Waals surface area (Å²) in [4.78, 5) is 2.44. The summed E-state index contributed by atoms with van der Waals surface area (Å²) in [7, 11) is 0. The monoisotopic (exact) mass is 461 g/mol. The van der Waals surface area contributed by atoms with E-state index in [4.69, 9.17) is 21.7 Å². The van der Waals surface area contributed by atoms with Crippen LogP contribution in [0.2, 0.25) is 0 Å². The van der Waals surface area contributed by atoms with Gasteiger partial charge in [0.1, 0.15) is 6.61 Å². The minimum absolute atomic E-state index is 0.599. The van der Waals surface area contributed by atoms with E-state index < -0.39 is 0 Å². The highest BCUT2D eigenvalue weighted by Gasteiger charge is 2.09. The Balaban J connectivity index is 2.11. The molecular formula is C28H47NO2S. The Bertz CT molecular complexity index is 650. The summed E-state index contributed by atoms with van der Waals surface area (Å²) < 4.78 is 11.1. The third-order valence-corrected chi connectivity index (χ3v) is 6.11. The molecule has 4 heteroatoms. The van der Waals surface area contributed by atoms with Crippen molar-refractivity contribution in [2.24, 2.45) is 0 Å². The molecule has 0 aromatic rings. The molecular weight excluding hydrogens is 414 g/mol. The van der Waals surface area contributed by atoms with Gasteiger partial charge in [-0.1, -0.05) is 40.5 Å². The average molecular weight is 462 g/mol. The molecule has 1 aliphatic heterocycles. The number of thiocarbonyl (C=S) groups is 1. The van der Waals surface area contributed by atoms with Gasteiger partial charge in [-0.25, -0.2) is 0 Å². The fraction of sp³-hybridized carbons (Fsp3) is 0.679. The van der Waals surface area contributed by atoms with Crippen molar-refractivity contribution in [3.05, 3.63) is 46.6 Å². The van der Waals surface area contributed by atoms with E-state index in [-0.39, 0.29) is 0 Å². The maximum atomic E-state index is 5.73. The van der Waals surface area contributed by atoms with Crippen molar-refractivity contribution in [2.75, 3.05) is 39.5 Å². The van der Waals surface area contributed by atoms with Crippen LogP contribution in [0.1, 0.15) is 86.0 Å². The van der Waals surface area contributed by atoms with E-state index in [1.54, 1.807) is 0 Å². The van der Waals surface area contributed by atoms with Crippen LogP contribution in [0, 0.1) is 0 Å². The number of hydrogen-bond acceptors (Lipinski definition) is 4. The van der Waals surface area contributed by atoms with Gasteiger partial charge in [0, 0.05) is 19.5 Å². The SMILES string of the molecule is CC(C)=CCC/C(C)=C/CC/C(C)=C/CC/C(C)=C/COC(=S)CCCN1CCOCC1. The molecule has 1 saturated heterocycles. The van der Waals surface area contributed by atoms with Crippen LogP contribution in [0.25, 0.3) is 0 Å². The molecule has 0 unspecified atom stereocenters. The molecule has 1 heterocycles. The van der Waals surface area contributed by atoms with Gasteiger partial charge in [-0.05, 0) is 104 Å². The van der Waals surface area contributed by atoms with Crippen molar-refractivity contribution < 1.29 is 9.47 Å². The predicted octanol–water partition coefficient (Wildman–Crippen LogP) is 7.59. The lowest BCUT2D eigenvalue weighted by molar-refractivity contribution is 0.0375. The van der Waals surface area contributed by atoms with Crippen molar-refractivity contribution in [1.82, 2.24) is 4.90 Å². The van der Waals surface area contributed by atoms with E-state index in [1.807, 2.05) is 0 Å². The topological polar surface area (TPSA) is 21.7 Å².